The maximum absolute atomic E-state index is 9.79. The van der Waals surface area contributed by atoms with E-state index in [1.165, 1.54) is 0 Å². The van der Waals surface area contributed by atoms with E-state index in [1.807, 2.05) is 0 Å². The Morgan fingerprint density at radius 1 is 1.60 bits per heavy atom. The van der Waals surface area contributed by atoms with Gasteiger partial charge >= 0.3 is 0 Å². The number of hydrogen-bond acceptors (Lipinski definition) is 4. The number of amidine groups is 1. The molecule has 0 aromatic heterocycles. The molecule has 0 aliphatic rings. The van der Waals surface area contributed by atoms with Crippen LogP contribution in [0.5, 0.6) is 0 Å². The molecule has 0 saturated heterocycles. The zero-order chi connectivity index (χ0) is 11.3. The lowest BCUT2D eigenvalue weighted by molar-refractivity contribution is 1.26. The maximum Gasteiger partial charge on any atom is 0.142 e. The van der Waals surface area contributed by atoms with Gasteiger partial charge in [0.05, 0.1) is 0 Å². The van der Waals surface area contributed by atoms with Gasteiger partial charge in [-0.05, 0) is 18.2 Å². The van der Waals surface area contributed by atoms with Crippen LogP contribution in [0.4, 0.5) is 0 Å². The summed E-state index contributed by atoms with van der Waals surface area (Å²) in [4.78, 5) is 10.4. The monoisotopic (exact) mass is 219 g/mol. The molecule has 0 aliphatic heterocycles. The standard InChI is InChI=1S/C10H9N3OS/c11-10(12)8-4-3-7(6-9(8)15)2-1-5-13-14/h3-4,6,15H,5H2,(H3,11,12). The second kappa shape index (κ2) is 5.17. The normalized spacial score (nSPS) is 8.87. The summed E-state index contributed by atoms with van der Waals surface area (Å²) in [7, 11) is 0. The molecule has 4 nitrogen and oxygen atoms in total. The molecule has 3 N–H and O–H groups in total. The molecule has 1 aromatic carbocycles. The quantitative estimate of drug-likeness (QED) is 0.231. The first-order chi connectivity index (χ1) is 7.15. The Morgan fingerprint density at radius 3 is 2.87 bits per heavy atom. The predicted molar refractivity (Wildman–Crippen MR) is 62.3 cm³/mol. The number of nitrogen functional groups attached to an aromatic ring is 1. The Bertz CT molecular complexity index is 459. The zero-order valence-electron chi connectivity index (χ0n) is 7.82. The Kier molecular flexibility index (Phi) is 3.89. The molecular weight excluding hydrogens is 210 g/mol. The first-order valence-corrected chi connectivity index (χ1v) is 4.55. The van der Waals surface area contributed by atoms with E-state index in [-0.39, 0.29) is 12.4 Å². The molecule has 76 valence electrons. The van der Waals surface area contributed by atoms with Crippen molar-refractivity contribution < 1.29 is 0 Å². The van der Waals surface area contributed by atoms with Crippen molar-refractivity contribution in [2.24, 2.45) is 10.9 Å². The van der Waals surface area contributed by atoms with Crippen LogP contribution in [-0.2, 0) is 0 Å². The highest BCUT2D eigenvalue weighted by molar-refractivity contribution is 7.80. The van der Waals surface area contributed by atoms with Crippen molar-refractivity contribution in [1.82, 2.24) is 0 Å². The fourth-order valence-corrected chi connectivity index (χ4v) is 1.35. The summed E-state index contributed by atoms with van der Waals surface area (Å²) in [5.74, 6) is 5.29. The third kappa shape index (κ3) is 3.11. The highest BCUT2D eigenvalue weighted by Crippen LogP contribution is 2.14. The van der Waals surface area contributed by atoms with E-state index in [0.29, 0.717) is 16.0 Å². The van der Waals surface area contributed by atoms with Gasteiger partial charge in [0.25, 0.3) is 0 Å². The summed E-state index contributed by atoms with van der Waals surface area (Å²) in [6, 6.07) is 5.08. The minimum Gasteiger partial charge on any atom is -0.384 e. The van der Waals surface area contributed by atoms with Crippen molar-refractivity contribution in [3.05, 3.63) is 34.2 Å². The molecule has 0 aliphatic carbocycles. The molecule has 0 fully saturated rings. The van der Waals surface area contributed by atoms with E-state index in [2.05, 4.69) is 29.6 Å². The Labute approximate surface area is 92.8 Å². The van der Waals surface area contributed by atoms with E-state index in [4.69, 9.17) is 11.1 Å². The first-order valence-electron chi connectivity index (χ1n) is 4.10. The van der Waals surface area contributed by atoms with Crippen molar-refractivity contribution in [2.75, 3.05) is 6.54 Å². The lowest BCUT2D eigenvalue weighted by atomic mass is 10.1. The topological polar surface area (TPSA) is 79.3 Å². The maximum atomic E-state index is 9.79. The molecule has 1 aromatic rings. The van der Waals surface area contributed by atoms with Crippen molar-refractivity contribution >= 4 is 18.5 Å². The number of benzene rings is 1. The van der Waals surface area contributed by atoms with E-state index >= 15 is 0 Å². The predicted octanol–water partition coefficient (Wildman–Crippen LogP) is 1.38. The number of hydrogen-bond donors (Lipinski definition) is 3. The van der Waals surface area contributed by atoms with Crippen molar-refractivity contribution in [1.29, 1.82) is 5.41 Å². The molecule has 0 unspecified atom stereocenters. The van der Waals surface area contributed by atoms with Gasteiger partial charge in [0.1, 0.15) is 12.4 Å². The summed E-state index contributed by atoms with van der Waals surface area (Å²) in [6.07, 6.45) is 0. The van der Waals surface area contributed by atoms with Crippen LogP contribution in [-0.4, -0.2) is 12.4 Å². The molecule has 0 amide bonds. The van der Waals surface area contributed by atoms with Crippen molar-refractivity contribution in [2.45, 2.75) is 4.90 Å². The molecule has 0 spiro atoms. The second-order valence-electron chi connectivity index (χ2n) is 2.73. The fraction of sp³-hybridized carbons (Fsp3) is 0.100. The van der Waals surface area contributed by atoms with Crippen molar-refractivity contribution in [3.63, 3.8) is 0 Å². The summed E-state index contributed by atoms with van der Waals surface area (Å²) in [5, 5.41) is 9.87. The lowest BCUT2D eigenvalue weighted by Crippen LogP contribution is -2.11. The lowest BCUT2D eigenvalue weighted by Gasteiger charge is -2.02. The van der Waals surface area contributed by atoms with Crippen LogP contribution in [0.3, 0.4) is 0 Å². The smallest absolute Gasteiger partial charge is 0.142 e. The van der Waals surface area contributed by atoms with Gasteiger partial charge in [-0.2, -0.15) is 0 Å². The second-order valence-corrected chi connectivity index (χ2v) is 3.22. The average Bonchev–Trinajstić information content (AvgIpc) is 2.17. The summed E-state index contributed by atoms with van der Waals surface area (Å²) >= 11 is 4.18. The first kappa shape index (κ1) is 11.3. The third-order valence-electron chi connectivity index (χ3n) is 1.66. The largest absolute Gasteiger partial charge is 0.384 e. The van der Waals surface area contributed by atoms with Gasteiger partial charge in [-0.25, -0.2) is 0 Å². The summed E-state index contributed by atoms with van der Waals surface area (Å²) in [5.41, 5.74) is 6.61. The van der Waals surface area contributed by atoms with Crippen molar-refractivity contribution in [3.8, 4) is 11.8 Å². The van der Waals surface area contributed by atoms with Crippen LogP contribution < -0.4 is 5.73 Å². The number of thiol groups is 1. The number of nitrogens with one attached hydrogen (secondary N) is 1. The highest BCUT2D eigenvalue weighted by atomic mass is 32.1. The van der Waals surface area contributed by atoms with Crippen LogP contribution in [0.15, 0.2) is 28.3 Å². The van der Waals surface area contributed by atoms with Crippen LogP contribution >= 0.6 is 12.6 Å². The number of nitroso groups, excluding NO2 is 1. The molecule has 0 bridgehead atoms. The van der Waals surface area contributed by atoms with Crippen LogP contribution in [0.1, 0.15) is 11.1 Å². The highest BCUT2D eigenvalue weighted by Gasteiger charge is 2.01. The van der Waals surface area contributed by atoms with Gasteiger partial charge in [0, 0.05) is 16.0 Å². The molecule has 15 heavy (non-hydrogen) atoms. The molecule has 0 atom stereocenters. The summed E-state index contributed by atoms with van der Waals surface area (Å²) in [6.45, 7) is -0.0314. The molecule has 0 radical (unpaired) electrons. The van der Waals surface area contributed by atoms with E-state index < -0.39 is 0 Å². The molecule has 0 saturated carbocycles. The van der Waals surface area contributed by atoms with Gasteiger partial charge in [-0.1, -0.05) is 17.0 Å². The van der Waals surface area contributed by atoms with Crippen LogP contribution in [0.2, 0.25) is 0 Å². The van der Waals surface area contributed by atoms with Gasteiger partial charge < -0.3 is 5.73 Å². The Balaban J connectivity index is 2.98. The van der Waals surface area contributed by atoms with E-state index in [9.17, 15) is 4.91 Å². The summed E-state index contributed by atoms with van der Waals surface area (Å²) < 4.78 is 0. The number of nitrogens with zero attached hydrogens (tertiary/aromatic N) is 1. The zero-order valence-corrected chi connectivity index (χ0v) is 8.71. The van der Waals surface area contributed by atoms with Gasteiger partial charge in [0.2, 0.25) is 0 Å². The third-order valence-corrected chi connectivity index (χ3v) is 2.03. The van der Waals surface area contributed by atoms with Gasteiger partial charge in [-0.15, -0.1) is 17.5 Å². The number of nitrogens with two attached hydrogens (primary N) is 1. The minimum atomic E-state index is -0.0333. The SMILES string of the molecule is N=C(N)c1ccc(C#CCN=O)cc1S. The molecule has 5 heteroatoms. The molecule has 0 heterocycles. The minimum absolute atomic E-state index is 0.0314. The van der Waals surface area contributed by atoms with E-state index in [0.717, 1.165) is 0 Å². The van der Waals surface area contributed by atoms with Crippen LogP contribution in [0.25, 0.3) is 0 Å². The Hall–Kier alpha value is -1.80. The van der Waals surface area contributed by atoms with Gasteiger partial charge in [0.15, 0.2) is 0 Å². The molecule has 1 rings (SSSR count). The average molecular weight is 219 g/mol. The Morgan fingerprint density at radius 2 is 2.33 bits per heavy atom. The van der Waals surface area contributed by atoms with Gasteiger partial charge in [-0.3, -0.25) is 5.41 Å². The van der Waals surface area contributed by atoms with Crippen LogP contribution in [0, 0.1) is 22.2 Å². The van der Waals surface area contributed by atoms with E-state index in [1.54, 1.807) is 18.2 Å². The fourth-order valence-electron chi connectivity index (χ4n) is 1.01. The molecular formula is C10H9N3OS. The number of rotatable bonds is 2.